The molecule has 2 aliphatic heterocycles. The third-order valence-corrected chi connectivity index (χ3v) is 5.74. The van der Waals surface area contributed by atoms with Crippen LogP contribution in [0.2, 0.25) is 0 Å². The lowest BCUT2D eigenvalue weighted by Crippen LogP contribution is -2.52. The molecule has 0 N–H and O–H groups in total. The zero-order chi connectivity index (χ0) is 17.2. The Morgan fingerprint density at radius 3 is 2.52 bits per heavy atom. The van der Waals surface area contributed by atoms with E-state index in [1.54, 1.807) is 0 Å². The third kappa shape index (κ3) is 3.36. The van der Waals surface area contributed by atoms with Gasteiger partial charge >= 0.3 is 0 Å². The molecule has 2 aromatic rings. The average molecular weight is 338 g/mol. The number of Topliss-reactive ketones (excluding diaryl/α,β-unsaturated/α-hetero) is 1. The van der Waals surface area contributed by atoms with Crippen molar-refractivity contribution < 1.29 is 9.18 Å². The fraction of sp³-hybridized carbons (Fsp3) is 0.429. The molecule has 0 radical (unpaired) electrons. The Labute approximate surface area is 147 Å². The molecule has 2 aliphatic rings. The summed E-state index contributed by atoms with van der Waals surface area (Å²) in [5.41, 5.74) is 1.53. The van der Waals surface area contributed by atoms with E-state index in [-0.39, 0.29) is 17.3 Å². The summed E-state index contributed by atoms with van der Waals surface area (Å²) in [6.07, 6.45) is 7.80. The summed E-state index contributed by atoms with van der Waals surface area (Å²) in [7, 11) is 0. The van der Waals surface area contributed by atoms with Crippen LogP contribution in [-0.2, 0) is 6.54 Å². The lowest BCUT2D eigenvalue weighted by atomic mass is 9.75. The molecule has 1 aromatic heterocycles. The number of hydrogen-bond donors (Lipinski definition) is 0. The van der Waals surface area contributed by atoms with Crippen molar-refractivity contribution in [2.24, 2.45) is 5.92 Å². The van der Waals surface area contributed by atoms with E-state index < -0.39 is 5.82 Å². The number of pyridine rings is 1. The highest BCUT2D eigenvalue weighted by atomic mass is 19.1. The second-order valence-corrected chi connectivity index (χ2v) is 7.28. The van der Waals surface area contributed by atoms with Gasteiger partial charge in [-0.15, -0.1) is 0 Å². The number of nitrogens with zero attached hydrogens (tertiary/aromatic N) is 2. The van der Waals surface area contributed by atoms with Gasteiger partial charge in [-0.25, -0.2) is 4.39 Å². The van der Waals surface area contributed by atoms with E-state index in [2.05, 4.69) is 34.1 Å². The average Bonchev–Trinajstić information content (AvgIpc) is 2.62. The van der Waals surface area contributed by atoms with E-state index in [1.165, 1.54) is 24.2 Å². The van der Waals surface area contributed by atoms with E-state index in [0.29, 0.717) is 12.1 Å². The van der Waals surface area contributed by atoms with Crippen molar-refractivity contribution in [3.63, 3.8) is 0 Å². The highest BCUT2D eigenvalue weighted by Crippen LogP contribution is 2.39. The van der Waals surface area contributed by atoms with Crippen LogP contribution in [0.4, 0.5) is 4.39 Å². The van der Waals surface area contributed by atoms with Crippen molar-refractivity contribution in [3.05, 3.63) is 65.7 Å². The number of ketones is 1. The van der Waals surface area contributed by atoms with E-state index in [0.717, 1.165) is 38.4 Å². The summed E-state index contributed by atoms with van der Waals surface area (Å²) in [6.45, 7) is 0.945. The zero-order valence-corrected chi connectivity index (χ0v) is 14.3. The standard InChI is InChI=1S/C21H23FN2O/c22-20-13-23-10-9-19(20)21(25)16-11-17-7-4-8-18(12-16)24(17)14-15-5-2-1-3-6-15/h1-3,5-6,9-10,13,16-18H,4,7-8,11-12,14H2. The first-order valence-corrected chi connectivity index (χ1v) is 9.16. The molecule has 0 saturated carbocycles. The first-order valence-electron chi connectivity index (χ1n) is 9.16. The van der Waals surface area contributed by atoms with Gasteiger partial charge in [0.1, 0.15) is 0 Å². The molecule has 2 bridgehead atoms. The predicted molar refractivity (Wildman–Crippen MR) is 94.7 cm³/mol. The molecule has 4 heteroatoms. The van der Waals surface area contributed by atoms with Crippen molar-refractivity contribution in [2.45, 2.75) is 50.7 Å². The molecule has 25 heavy (non-hydrogen) atoms. The Morgan fingerprint density at radius 2 is 1.84 bits per heavy atom. The van der Waals surface area contributed by atoms with Gasteiger partial charge < -0.3 is 0 Å². The van der Waals surface area contributed by atoms with Gasteiger partial charge in [0, 0.05) is 30.7 Å². The molecule has 0 aliphatic carbocycles. The van der Waals surface area contributed by atoms with Crippen molar-refractivity contribution in [1.82, 2.24) is 9.88 Å². The van der Waals surface area contributed by atoms with E-state index in [4.69, 9.17) is 0 Å². The fourth-order valence-electron chi connectivity index (χ4n) is 4.54. The largest absolute Gasteiger partial charge is 0.294 e. The number of rotatable bonds is 4. The Kier molecular flexibility index (Phi) is 4.62. The van der Waals surface area contributed by atoms with Crippen LogP contribution < -0.4 is 0 Å². The van der Waals surface area contributed by atoms with Crippen molar-refractivity contribution in [1.29, 1.82) is 0 Å². The monoisotopic (exact) mass is 338 g/mol. The molecular weight excluding hydrogens is 315 g/mol. The van der Waals surface area contributed by atoms with Crippen LogP contribution in [-0.4, -0.2) is 27.8 Å². The Balaban J connectivity index is 1.51. The van der Waals surface area contributed by atoms with Crippen molar-refractivity contribution >= 4 is 5.78 Å². The zero-order valence-electron chi connectivity index (χ0n) is 14.3. The van der Waals surface area contributed by atoms with Crippen LogP contribution in [0.15, 0.2) is 48.8 Å². The highest BCUT2D eigenvalue weighted by Gasteiger charge is 2.41. The number of halogens is 1. The molecule has 2 fully saturated rings. The minimum absolute atomic E-state index is 0.0452. The van der Waals surface area contributed by atoms with Crippen molar-refractivity contribution in [3.8, 4) is 0 Å². The SMILES string of the molecule is O=C(c1ccncc1F)C1CC2CCCC(C1)N2Cc1ccccc1. The Morgan fingerprint density at radius 1 is 1.12 bits per heavy atom. The van der Waals surface area contributed by atoms with Gasteiger partial charge in [-0.1, -0.05) is 36.8 Å². The quantitative estimate of drug-likeness (QED) is 0.782. The second-order valence-electron chi connectivity index (χ2n) is 7.28. The molecule has 0 spiro atoms. The minimum Gasteiger partial charge on any atom is -0.294 e. The van der Waals surface area contributed by atoms with Crippen LogP contribution in [0.1, 0.15) is 48.0 Å². The maximum absolute atomic E-state index is 14.0. The number of piperidine rings is 2. The molecule has 3 nitrogen and oxygen atoms in total. The van der Waals surface area contributed by atoms with Gasteiger partial charge in [0.2, 0.25) is 0 Å². The highest BCUT2D eigenvalue weighted by molar-refractivity contribution is 5.98. The maximum Gasteiger partial charge on any atom is 0.169 e. The van der Waals surface area contributed by atoms with Gasteiger partial charge in [0.25, 0.3) is 0 Å². The molecule has 2 atom stereocenters. The third-order valence-electron chi connectivity index (χ3n) is 5.74. The topological polar surface area (TPSA) is 33.2 Å². The summed E-state index contributed by atoms with van der Waals surface area (Å²) in [4.78, 5) is 19.2. The number of aromatic nitrogens is 1. The second kappa shape index (κ2) is 7.04. The summed E-state index contributed by atoms with van der Waals surface area (Å²) < 4.78 is 14.0. The molecule has 2 unspecified atom stereocenters. The predicted octanol–water partition coefficient (Wildman–Crippen LogP) is 4.24. The fourth-order valence-corrected chi connectivity index (χ4v) is 4.54. The normalized spacial score (nSPS) is 26.4. The van der Waals surface area contributed by atoms with E-state index in [9.17, 15) is 9.18 Å². The van der Waals surface area contributed by atoms with Gasteiger partial charge in [0.05, 0.1) is 11.8 Å². The summed E-state index contributed by atoms with van der Waals surface area (Å²) >= 11 is 0. The minimum atomic E-state index is -0.496. The molecule has 130 valence electrons. The first-order chi connectivity index (χ1) is 12.2. The van der Waals surface area contributed by atoms with Crippen molar-refractivity contribution in [2.75, 3.05) is 0 Å². The number of carbonyl (C=O) groups excluding carboxylic acids is 1. The van der Waals surface area contributed by atoms with E-state index in [1.807, 2.05) is 6.07 Å². The maximum atomic E-state index is 14.0. The lowest BCUT2D eigenvalue weighted by Gasteiger charge is -2.48. The van der Waals surface area contributed by atoms with Gasteiger partial charge in [0.15, 0.2) is 11.6 Å². The number of carbonyl (C=O) groups is 1. The van der Waals surface area contributed by atoms with Crippen LogP contribution in [0.25, 0.3) is 0 Å². The van der Waals surface area contributed by atoms with E-state index >= 15 is 0 Å². The van der Waals surface area contributed by atoms with Crippen LogP contribution in [0.3, 0.4) is 0 Å². The lowest BCUT2D eigenvalue weighted by molar-refractivity contribution is 0.00894. The molecule has 4 rings (SSSR count). The van der Waals surface area contributed by atoms with Crippen LogP contribution >= 0.6 is 0 Å². The molecule has 1 aromatic carbocycles. The smallest absolute Gasteiger partial charge is 0.169 e. The molecule has 2 saturated heterocycles. The van der Waals surface area contributed by atoms with Crippen LogP contribution in [0.5, 0.6) is 0 Å². The molecule has 0 amide bonds. The van der Waals surface area contributed by atoms with Crippen LogP contribution in [0, 0.1) is 11.7 Å². The van der Waals surface area contributed by atoms with Gasteiger partial charge in [-0.3, -0.25) is 14.7 Å². The first kappa shape index (κ1) is 16.4. The summed E-state index contributed by atoms with van der Waals surface area (Å²) in [5, 5.41) is 0. The summed E-state index contributed by atoms with van der Waals surface area (Å²) in [6, 6.07) is 12.9. The molecule has 3 heterocycles. The van der Waals surface area contributed by atoms with Gasteiger partial charge in [-0.05, 0) is 37.3 Å². The molecular formula is C21H23FN2O. The number of fused-ring (bicyclic) bond motifs is 2. The Bertz CT molecular complexity index is 735. The number of hydrogen-bond acceptors (Lipinski definition) is 3. The number of benzene rings is 1. The Hall–Kier alpha value is -2.07. The summed E-state index contributed by atoms with van der Waals surface area (Å²) in [5.74, 6) is -0.611. The van der Waals surface area contributed by atoms with Gasteiger partial charge in [-0.2, -0.15) is 0 Å².